The maximum Gasteiger partial charge on any atom is 0.418 e. The van der Waals surface area contributed by atoms with Gasteiger partial charge in [-0.2, -0.15) is 13.2 Å². The number of carbonyl (C=O) groups excluding carboxylic acids is 1. The zero-order chi connectivity index (χ0) is 20.5. The fraction of sp³-hybridized carbons (Fsp3) is 0.158. The van der Waals surface area contributed by atoms with Gasteiger partial charge in [0, 0.05) is 5.70 Å². The molecule has 1 amide bonds. The highest BCUT2D eigenvalue weighted by atomic mass is 32.1. The Balaban J connectivity index is 1.93. The number of para-hydroxylation sites is 1. The van der Waals surface area contributed by atoms with Crippen molar-refractivity contribution < 1.29 is 22.4 Å². The van der Waals surface area contributed by atoms with Gasteiger partial charge in [-0.25, -0.2) is 4.39 Å². The number of hydrogen-bond donors (Lipinski definition) is 3. The number of nitrogens with one attached hydrogen (secondary N) is 3. The van der Waals surface area contributed by atoms with Crippen molar-refractivity contribution in [2.24, 2.45) is 5.92 Å². The lowest BCUT2D eigenvalue weighted by Gasteiger charge is -2.35. The molecule has 3 N–H and O–H groups in total. The molecule has 1 saturated heterocycles. The molecule has 1 aliphatic heterocycles. The topological polar surface area (TPSA) is 53.2 Å². The predicted molar refractivity (Wildman–Crippen MR) is 101 cm³/mol. The van der Waals surface area contributed by atoms with Crippen LogP contribution in [-0.4, -0.2) is 11.0 Å². The van der Waals surface area contributed by atoms with Crippen molar-refractivity contribution in [1.29, 1.82) is 0 Å². The van der Waals surface area contributed by atoms with E-state index in [4.69, 9.17) is 12.2 Å². The van der Waals surface area contributed by atoms with Crippen LogP contribution in [0, 0.1) is 11.7 Å². The molecule has 0 aliphatic carbocycles. The normalized spacial score (nSPS) is 19.6. The van der Waals surface area contributed by atoms with E-state index in [1.807, 2.05) is 0 Å². The van der Waals surface area contributed by atoms with Gasteiger partial charge in [0.1, 0.15) is 11.7 Å². The van der Waals surface area contributed by atoms with Gasteiger partial charge in [-0.3, -0.25) is 4.79 Å². The highest BCUT2D eigenvalue weighted by Gasteiger charge is 2.38. The summed E-state index contributed by atoms with van der Waals surface area (Å²) in [6.07, 6.45) is -4.62. The largest absolute Gasteiger partial charge is 0.418 e. The Morgan fingerprint density at radius 2 is 1.75 bits per heavy atom. The highest BCUT2D eigenvalue weighted by Crippen LogP contribution is 2.36. The van der Waals surface area contributed by atoms with Crippen LogP contribution in [0.2, 0.25) is 0 Å². The number of benzene rings is 2. The van der Waals surface area contributed by atoms with Crippen LogP contribution in [0.25, 0.3) is 0 Å². The van der Waals surface area contributed by atoms with E-state index in [1.54, 1.807) is 0 Å². The van der Waals surface area contributed by atoms with Crippen LogP contribution in [0.1, 0.15) is 17.2 Å². The van der Waals surface area contributed by atoms with E-state index in [1.165, 1.54) is 42.5 Å². The van der Waals surface area contributed by atoms with Gasteiger partial charge < -0.3 is 16.0 Å². The quantitative estimate of drug-likeness (QED) is 0.527. The third-order valence-corrected chi connectivity index (χ3v) is 4.49. The second kappa shape index (κ2) is 7.59. The molecule has 2 aromatic rings. The van der Waals surface area contributed by atoms with Gasteiger partial charge in [0.05, 0.1) is 17.3 Å². The lowest BCUT2D eigenvalue weighted by atomic mass is 9.88. The van der Waals surface area contributed by atoms with Crippen molar-refractivity contribution in [3.05, 3.63) is 77.8 Å². The van der Waals surface area contributed by atoms with Gasteiger partial charge in [0.25, 0.3) is 0 Å². The van der Waals surface area contributed by atoms with Gasteiger partial charge in [0.15, 0.2) is 5.11 Å². The van der Waals surface area contributed by atoms with Crippen molar-refractivity contribution in [2.45, 2.75) is 12.2 Å². The average molecular weight is 409 g/mol. The average Bonchev–Trinajstić information content (AvgIpc) is 2.61. The lowest BCUT2D eigenvalue weighted by Crippen LogP contribution is -2.51. The zero-order valence-electron chi connectivity index (χ0n) is 14.3. The Morgan fingerprint density at radius 1 is 1.11 bits per heavy atom. The Labute approximate surface area is 163 Å². The molecule has 1 heterocycles. The van der Waals surface area contributed by atoms with Gasteiger partial charge in [-0.15, -0.1) is 0 Å². The molecule has 0 spiro atoms. The number of thiocarbonyl (C=S) groups is 1. The summed E-state index contributed by atoms with van der Waals surface area (Å²) in [4.78, 5) is 12.9. The summed E-state index contributed by atoms with van der Waals surface area (Å²) in [6, 6.07) is 9.34. The van der Waals surface area contributed by atoms with Crippen LogP contribution in [0.3, 0.4) is 0 Å². The highest BCUT2D eigenvalue weighted by molar-refractivity contribution is 7.80. The molecule has 1 fully saturated rings. The van der Waals surface area contributed by atoms with Crippen molar-refractivity contribution in [3.8, 4) is 0 Å². The Bertz CT molecular complexity index is 928. The molecule has 9 heteroatoms. The summed E-state index contributed by atoms with van der Waals surface area (Å²) < 4.78 is 52.9. The van der Waals surface area contributed by atoms with Gasteiger partial charge in [-0.05, 0) is 42.0 Å². The maximum absolute atomic E-state index is 13.2. The number of alkyl halides is 3. The molecule has 3 rings (SSSR count). The third-order valence-electron chi connectivity index (χ3n) is 4.27. The Morgan fingerprint density at radius 3 is 2.39 bits per heavy atom. The molecular weight excluding hydrogens is 394 g/mol. The summed E-state index contributed by atoms with van der Waals surface area (Å²) in [5.41, 5.74) is -0.561. The molecule has 0 aromatic heterocycles. The molecule has 0 radical (unpaired) electrons. The number of carbonyl (C=O) groups is 1. The summed E-state index contributed by atoms with van der Waals surface area (Å²) in [5, 5.41) is 8.15. The Hall–Kier alpha value is -2.94. The molecule has 4 nitrogen and oxygen atoms in total. The summed E-state index contributed by atoms with van der Waals surface area (Å²) >= 11 is 5.09. The van der Waals surface area contributed by atoms with Crippen molar-refractivity contribution >= 4 is 28.9 Å². The molecular formula is C19H15F4N3OS. The van der Waals surface area contributed by atoms with E-state index >= 15 is 0 Å². The molecule has 2 atom stereocenters. The molecule has 0 unspecified atom stereocenters. The van der Waals surface area contributed by atoms with Crippen molar-refractivity contribution in [2.75, 3.05) is 5.32 Å². The number of anilines is 1. The van der Waals surface area contributed by atoms with Gasteiger partial charge >= 0.3 is 6.18 Å². The van der Waals surface area contributed by atoms with E-state index in [0.29, 0.717) is 5.56 Å². The van der Waals surface area contributed by atoms with Crippen molar-refractivity contribution in [3.63, 3.8) is 0 Å². The molecule has 28 heavy (non-hydrogen) atoms. The van der Waals surface area contributed by atoms with Crippen LogP contribution in [-0.2, 0) is 11.0 Å². The van der Waals surface area contributed by atoms with E-state index < -0.39 is 35.4 Å². The lowest BCUT2D eigenvalue weighted by molar-refractivity contribution is -0.137. The van der Waals surface area contributed by atoms with Gasteiger partial charge in [0.2, 0.25) is 5.91 Å². The standard InChI is InChI=1S/C19H15F4N3OS/c1-10-15(16(26-18(28)24-10)11-6-8-12(20)9-7-11)17(27)25-14-5-3-2-4-13(14)19(21,22)23/h2-9,15-16H,1H2,(H,25,27)(H2,24,26,28)/t15-,16-/m1/s1. The minimum atomic E-state index is -4.62. The minimum Gasteiger partial charge on any atom is -0.354 e. The smallest absolute Gasteiger partial charge is 0.354 e. The number of rotatable bonds is 3. The second-order valence-corrected chi connectivity index (χ2v) is 6.57. The second-order valence-electron chi connectivity index (χ2n) is 6.16. The summed E-state index contributed by atoms with van der Waals surface area (Å²) in [7, 11) is 0. The van der Waals surface area contributed by atoms with E-state index in [-0.39, 0.29) is 16.5 Å². The van der Waals surface area contributed by atoms with E-state index in [2.05, 4.69) is 22.5 Å². The molecule has 0 bridgehead atoms. The minimum absolute atomic E-state index is 0.207. The molecule has 2 aromatic carbocycles. The molecule has 0 saturated carbocycles. The summed E-state index contributed by atoms with van der Waals surface area (Å²) in [6.45, 7) is 3.78. The van der Waals surface area contributed by atoms with Crippen LogP contribution >= 0.6 is 12.2 Å². The fourth-order valence-corrected chi connectivity index (χ4v) is 3.25. The van der Waals surface area contributed by atoms with Crippen LogP contribution in [0.4, 0.5) is 23.2 Å². The first-order chi connectivity index (χ1) is 13.2. The maximum atomic E-state index is 13.2. The number of halogens is 4. The van der Waals surface area contributed by atoms with Crippen LogP contribution in [0.5, 0.6) is 0 Å². The Kier molecular flexibility index (Phi) is 5.37. The first-order valence-corrected chi connectivity index (χ1v) is 8.56. The summed E-state index contributed by atoms with van der Waals surface area (Å²) in [5.74, 6) is -2.16. The van der Waals surface area contributed by atoms with Crippen LogP contribution < -0.4 is 16.0 Å². The number of hydrogen-bond acceptors (Lipinski definition) is 2. The predicted octanol–water partition coefficient (Wildman–Crippen LogP) is 4.13. The van der Waals surface area contributed by atoms with Crippen LogP contribution in [0.15, 0.2) is 60.8 Å². The monoisotopic (exact) mass is 409 g/mol. The molecule has 1 aliphatic rings. The first-order valence-electron chi connectivity index (χ1n) is 8.15. The fourth-order valence-electron chi connectivity index (χ4n) is 2.99. The zero-order valence-corrected chi connectivity index (χ0v) is 15.1. The first kappa shape index (κ1) is 19.8. The molecule has 146 valence electrons. The van der Waals surface area contributed by atoms with E-state index in [0.717, 1.165) is 6.07 Å². The number of amides is 1. The SMILES string of the molecule is C=C1NC(=S)N[C@H](c2ccc(F)cc2)[C@@H]1C(=O)Nc1ccccc1C(F)(F)F. The van der Waals surface area contributed by atoms with Gasteiger partial charge in [-0.1, -0.05) is 30.8 Å². The van der Waals surface area contributed by atoms with E-state index in [9.17, 15) is 22.4 Å². The third kappa shape index (κ3) is 4.14. The van der Waals surface area contributed by atoms with Crippen molar-refractivity contribution in [1.82, 2.24) is 10.6 Å².